The Balaban J connectivity index is 1.65. The van der Waals surface area contributed by atoms with Crippen LogP contribution in [-0.4, -0.2) is 23.1 Å². The van der Waals surface area contributed by atoms with E-state index in [1.807, 2.05) is 18.2 Å². The zero-order chi connectivity index (χ0) is 18.7. The lowest BCUT2D eigenvalue weighted by molar-refractivity contribution is -0.130. The number of carbonyl (C=O) groups is 2. The summed E-state index contributed by atoms with van der Waals surface area (Å²) in [6.45, 7) is 1.52. The van der Waals surface area contributed by atoms with Crippen LogP contribution in [0, 0.1) is 0 Å². The van der Waals surface area contributed by atoms with Crippen LogP contribution in [0.25, 0.3) is 0 Å². The maximum absolute atomic E-state index is 12.5. The maximum atomic E-state index is 12.5. The molecule has 136 valence electrons. The Bertz CT molecular complexity index is 836. The largest absolute Gasteiger partial charge is 0.507 e. The first-order chi connectivity index (χ1) is 12.5. The molecule has 0 aromatic heterocycles. The van der Waals surface area contributed by atoms with E-state index in [9.17, 15) is 14.7 Å². The minimum Gasteiger partial charge on any atom is -0.507 e. The van der Waals surface area contributed by atoms with Crippen molar-refractivity contribution in [2.75, 3.05) is 0 Å². The number of aryl methyl sites for hydroxylation is 1. The number of nitrogens with one attached hydrogen (secondary N) is 1. The summed E-state index contributed by atoms with van der Waals surface area (Å²) >= 11 is 3.24. The van der Waals surface area contributed by atoms with Crippen LogP contribution in [0.2, 0.25) is 0 Å². The zero-order valence-corrected chi connectivity index (χ0v) is 16.0. The summed E-state index contributed by atoms with van der Waals surface area (Å²) in [6, 6.07) is 12.4. The summed E-state index contributed by atoms with van der Waals surface area (Å²) in [4.78, 5) is 24.7. The Kier molecular flexibility index (Phi) is 5.61. The number of hydrogen-bond donors (Lipinski definition) is 2. The second-order valence-electron chi connectivity index (χ2n) is 6.36. The zero-order valence-electron chi connectivity index (χ0n) is 14.4. The average molecular weight is 418 g/mol. The van der Waals surface area contributed by atoms with Crippen LogP contribution >= 0.6 is 15.9 Å². The number of rotatable bonds is 4. The lowest BCUT2D eigenvalue weighted by Crippen LogP contribution is -2.39. The minimum atomic E-state index is -0.963. The Morgan fingerprint density at radius 2 is 2.04 bits per heavy atom. The first-order valence-corrected chi connectivity index (χ1v) is 9.32. The number of benzene rings is 2. The van der Waals surface area contributed by atoms with E-state index in [2.05, 4.69) is 27.3 Å². The van der Waals surface area contributed by atoms with Gasteiger partial charge in [-0.05, 0) is 55.5 Å². The second-order valence-corrected chi connectivity index (χ2v) is 7.28. The van der Waals surface area contributed by atoms with Gasteiger partial charge in [0.1, 0.15) is 11.3 Å². The first-order valence-electron chi connectivity index (χ1n) is 8.53. The topological polar surface area (TPSA) is 75.6 Å². The molecule has 2 aromatic rings. The van der Waals surface area contributed by atoms with Crippen LogP contribution in [0.15, 0.2) is 46.9 Å². The van der Waals surface area contributed by atoms with Crippen LogP contribution in [-0.2, 0) is 16.0 Å². The highest BCUT2D eigenvalue weighted by Crippen LogP contribution is 2.29. The van der Waals surface area contributed by atoms with E-state index in [0.29, 0.717) is 4.47 Å². The van der Waals surface area contributed by atoms with Gasteiger partial charge in [-0.25, -0.2) is 4.79 Å². The van der Waals surface area contributed by atoms with Gasteiger partial charge in [-0.2, -0.15) is 0 Å². The van der Waals surface area contributed by atoms with Crippen LogP contribution in [0.1, 0.15) is 47.3 Å². The number of halogens is 1. The number of phenols is 1. The predicted octanol–water partition coefficient (Wildman–Crippen LogP) is 3.89. The smallest absolute Gasteiger partial charge is 0.342 e. The molecule has 2 atom stereocenters. The molecule has 0 spiro atoms. The van der Waals surface area contributed by atoms with Gasteiger partial charge in [-0.3, -0.25) is 4.79 Å². The molecule has 0 fully saturated rings. The number of phenolic OH excluding ortho intramolecular Hbond substituents is 1. The monoisotopic (exact) mass is 417 g/mol. The van der Waals surface area contributed by atoms with Crippen molar-refractivity contribution in [2.24, 2.45) is 0 Å². The number of fused-ring (bicyclic) bond motifs is 1. The summed E-state index contributed by atoms with van der Waals surface area (Å²) in [5.74, 6) is -1.28. The molecule has 0 saturated heterocycles. The van der Waals surface area contributed by atoms with E-state index in [1.165, 1.54) is 24.6 Å². The van der Waals surface area contributed by atoms with Crippen molar-refractivity contribution in [3.63, 3.8) is 0 Å². The van der Waals surface area contributed by atoms with Gasteiger partial charge in [-0.1, -0.05) is 40.2 Å². The molecule has 1 amide bonds. The summed E-state index contributed by atoms with van der Waals surface area (Å²) < 4.78 is 5.87. The van der Waals surface area contributed by atoms with E-state index >= 15 is 0 Å². The predicted molar refractivity (Wildman–Crippen MR) is 101 cm³/mol. The standard InChI is InChI=1S/C20H20BrNO4/c1-12(26-20(25)16-11-14(21)9-10-18(16)23)19(24)22-17-8-4-6-13-5-2-3-7-15(13)17/h2-3,5,7,9-12,17,23H,4,6,8H2,1H3,(H,22,24)/t12-,17-/m0/s1. The van der Waals surface area contributed by atoms with E-state index in [0.717, 1.165) is 24.8 Å². The molecule has 0 aliphatic heterocycles. The summed E-state index contributed by atoms with van der Waals surface area (Å²) in [7, 11) is 0. The Hall–Kier alpha value is -2.34. The molecule has 3 rings (SSSR count). The first kappa shape index (κ1) is 18.5. The number of aromatic hydroxyl groups is 1. The number of esters is 1. The summed E-state index contributed by atoms with van der Waals surface area (Å²) in [5, 5.41) is 12.8. The Morgan fingerprint density at radius 3 is 2.85 bits per heavy atom. The molecule has 2 aromatic carbocycles. The lowest BCUT2D eigenvalue weighted by atomic mass is 9.87. The molecule has 0 bridgehead atoms. The number of ether oxygens (including phenoxy) is 1. The van der Waals surface area contributed by atoms with Crippen molar-refractivity contribution in [3.05, 3.63) is 63.6 Å². The third kappa shape index (κ3) is 4.07. The number of carbonyl (C=O) groups excluding carboxylic acids is 2. The highest BCUT2D eigenvalue weighted by Gasteiger charge is 2.26. The molecule has 0 radical (unpaired) electrons. The van der Waals surface area contributed by atoms with E-state index in [4.69, 9.17) is 4.74 Å². The normalized spacial score (nSPS) is 17.1. The van der Waals surface area contributed by atoms with Gasteiger partial charge in [0.05, 0.1) is 6.04 Å². The molecule has 0 unspecified atom stereocenters. The molecule has 5 nitrogen and oxygen atoms in total. The van der Waals surface area contributed by atoms with E-state index in [1.54, 1.807) is 6.07 Å². The van der Waals surface area contributed by atoms with E-state index in [-0.39, 0.29) is 23.3 Å². The second kappa shape index (κ2) is 7.91. The number of amides is 1. The fourth-order valence-corrected chi connectivity index (χ4v) is 3.50. The average Bonchev–Trinajstić information content (AvgIpc) is 2.63. The third-order valence-electron chi connectivity index (χ3n) is 4.52. The van der Waals surface area contributed by atoms with Crippen molar-refractivity contribution in [1.29, 1.82) is 0 Å². The molecule has 2 N–H and O–H groups in total. The lowest BCUT2D eigenvalue weighted by Gasteiger charge is -2.27. The molecular formula is C20H20BrNO4. The highest BCUT2D eigenvalue weighted by atomic mass is 79.9. The van der Waals surface area contributed by atoms with Crippen molar-refractivity contribution in [3.8, 4) is 5.75 Å². The maximum Gasteiger partial charge on any atom is 0.342 e. The SMILES string of the molecule is C[C@H](OC(=O)c1cc(Br)ccc1O)C(=O)N[C@H]1CCCc2ccccc21. The highest BCUT2D eigenvalue weighted by molar-refractivity contribution is 9.10. The molecule has 1 aliphatic rings. The third-order valence-corrected chi connectivity index (χ3v) is 5.01. The van der Waals surface area contributed by atoms with Gasteiger partial charge >= 0.3 is 5.97 Å². The Labute approximate surface area is 160 Å². The van der Waals surface area contributed by atoms with Crippen LogP contribution < -0.4 is 5.32 Å². The van der Waals surface area contributed by atoms with Gasteiger partial charge in [0.15, 0.2) is 6.10 Å². The fraction of sp³-hybridized carbons (Fsp3) is 0.300. The van der Waals surface area contributed by atoms with Crippen molar-refractivity contribution in [2.45, 2.75) is 38.3 Å². The van der Waals surface area contributed by atoms with Crippen molar-refractivity contribution in [1.82, 2.24) is 5.32 Å². The fourth-order valence-electron chi connectivity index (χ4n) is 3.14. The quantitative estimate of drug-likeness (QED) is 0.739. The van der Waals surface area contributed by atoms with Crippen LogP contribution in [0.4, 0.5) is 0 Å². The summed E-state index contributed by atoms with van der Waals surface area (Å²) in [6.07, 6.45) is 1.91. The molecule has 0 saturated carbocycles. The number of hydrogen-bond acceptors (Lipinski definition) is 4. The minimum absolute atomic E-state index is 0.0158. The van der Waals surface area contributed by atoms with Gasteiger partial charge < -0.3 is 15.2 Å². The molecular weight excluding hydrogens is 398 g/mol. The Morgan fingerprint density at radius 1 is 1.27 bits per heavy atom. The molecule has 1 aliphatic carbocycles. The molecule has 6 heteroatoms. The van der Waals surface area contributed by atoms with Gasteiger partial charge in [0, 0.05) is 4.47 Å². The van der Waals surface area contributed by atoms with Gasteiger partial charge in [0.2, 0.25) is 0 Å². The van der Waals surface area contributed by atoms with Crippen LogP contribution in [0.3, 0.4) is 0 Å². The van der Waals surface area contributed by atoms with E-state index < -0.39 is 12.1 Å². The molecule has 26 heavy (non-hydrogen) atoms. The van der Waals surface area contributed by atoms with Crippen molar-refractivity contribution >= 4 is 27.8 Å². The van der Waals surface area contributed by atoms with Gasteiger partial charge in [-0.15, -0.1) is 0 Å². The van der Waals surface area contributed by atoms with Crippen molar-refractivity contribution < 1.29 is 19.4 Å². The van der Waals surface area contributed by atoms with Crippen LogP contribution in [0.5, 0.6) is 5.75 Å². The molecule has 0 heterocycles. The summed E-state index contributed by atoms with van der Waals surface area (Å²) in [5.41, 5.74) is 2.38. The van der Waals surface area contributed by atoms with Gasteiger partial charge in [0.25, 0.3) is 5.91 Å².